The molecule has 0 fully saturated rings. The fraction of sp³-hybridized carbons (Fsp3) is 0.174. The van der Waals surface area contributed by atoms with Gasteiger partial charge in [0.2, 0.25) is 5.82 Å². The number of aromatic nitrogens is 6. The van der Waals surface area contributed by atoms with Crippen LogP contribution in [0.15, 0.2) is 66.3 Å². The summed E-state index contributed by atoms with van der Waals surface area (Å²) in [7, 11) is 0. The third kappa shape index (κ3) is 3.97. The van der Waals surface area contributed by atoms with Crippen LogP contribution in [-0.4, -0.2) is 29.7 Å². The lowest BCUT2D eigenvalue weighted by Crippen LogP contribution is -2.09. The van der Waals surface area contributed by atoms with Gasteiger partial charge >= 0.3 is 0 Å². The van der Waals surface area contributed by atoms with E-state index in [0.29, 0.717) is 12.4 Å². The molecule has 0 saturated carbocycles. The lowest BCUT2D eigenvalue weighted by atomic mass is 10.1. The molecule has 5 aromatic rings. The molecule has 0 saturated heterocycles. The minimum atomic E-state index is 0.574. The summed E-state index contributed by atoms with van der Waals surface area (Å²) in [4.78, 5) is 18.4. The van der Waals surface area contributed by atoms with Crippen molar-refractivity contribution in [2.75, 3.05) is 0 Å². The van der Waals surface area contributed by atoms with Crippen LogP contribution in [0.3, 0.4) is 0 Å². The zero-order chi connectivity index (χ0) is 20.3. The van der Waals surface area contributed by atoms with Crippen molar-refractivity contribution in [2.45, 2.75) is 26.3 Å². The van der Waals surface area contributed by atoms with Gasteiger partial charge in [0, 0.05) is 35.3 Å². The van der Waals surface area contributed by atoms with E-state index in [1.807, 2.05) is 47.4 Å². The van der Waals surface area contributed by atoms with Crippen LogP contribution in [0.5, 0.6) is 0 Å². The molecule has 0 radical (unpaired) electrons. The molecule has 6 nitrogen and oxygen atoms in total. The first kappa shape index (κ1) is 18.6. The molecule has 0 aliphatic rings. The van der Waals surface area contributed by atoms with Gasteiger partial charge in [-0.15, -0.1) is 16.4 Å². The molecule has 0 aliphatic heterocycles. The van der Waals surface area contributed by atoms with Gasteiger partial charge in [0.25, 0.3) is 0 Å². The second-order valence-electron chi connectivity index (χ2n) is 7.16. The van der Waals surface area contributed by atoms with Crippen molar-refractivity contribution in [2.24, 2.45) is 0 Å². The molecule has 30 heavy (non-hydrogen) atoms. The van der Waals surface area contributed by atoms with Crippen molar-refractivity contribution in [3.63, 3.8) is 0 Å². The highest BCUT2D eigenvalue weighted by molar-refractivity contribution is 7.13. The van der Waals surface area contributed by atoms with Gasteiger partial charge in [-0.25, -0.2) is 14.6 Å². The lowest BCUT2D eigenvalue weighted by molar-refractivity contribution is 0.625. The predicted molar refractivity (Wildman–Crippen MR) is 118 cm³/mol. The van der Waals surface area contributed by atoms with Gasteiger partial charge in [-0.2, -0.15) is 0 Å². The number of rotatable bonds is 6. The third-order valence-electron chi connectivity index (χ3n) is 4.89. The Morgan fingerprint density at radius 1 is 0.933 bits per heavy atom. The second kappa shape index (κ2) is 8.12. The lowest BCUT2D eigenvalue weighted by Gasteiger charge is -2.07. The molecular formula is C23H20N6S. The minimum Gasteiger partial charge on any atom is -0.264 e. The molecule has 0 N–H and O–H groups in total. The topological polar surface area (TPSA) is 69.4 Å². The molecule has 0 spiro atoms. The number of pyridine rings is 2. The molecular weight excluding hydrogens is 392 g/mol. The molecule has 4 heterocycles. The molecule has 5 rings (SSSR count). The van der Waals surface area contributed by atoms with Crippen molar-refractivity contribution in [3.05, 3.63) is 89.1 Å². The van der Waals surface area contributed by atoms with Gasteiger partial charge in [-0.3, -0.25) is 9.97 Å². The standard InChI is InChI=1S/C23H20N6S/c1-16-15-30-23(25-16)22-27-21(11-8-17-5-4-12-24-13-17)29(28-22)14-19-10-9-18-6-2-3-7-20(18)26-19/h2-7,9-10,12-13,15H,8,11,14H2,1H3. The van der Waals surface area contributed by atoms with E-state index in [9.17, 15) is 0 Å². The smallest absolute Gasteiger partial charge is 0.210 e. The summed E-state index contributed by atoms with van der Waals surface area (Å²) in [5.74, 6) is 1.60. The highest BCUT2D eigenvalue weighted by Crippen LogP contribution is 2.22. The molecule has 0 atom stereocenters. The monoisotopic (exact) mass is 412 g/mol. The molecule has 0 amide bonds. The van der Waals surface area contributed by atoms with Crippen molar-refractivity contribution < 1.29 is 0 Å². The van der Waals surface area contributed by atoms with Crippen LogP contribution in [0, 0.1) is 6.92 Å². The Kier molecular flexibility index (Phi) is 5.03. The number of hydrogen-bond donors (Lipinski definition) is 0. The Hall–Kier alpha value is -3.45. The van der Waals surface area contributed by atoms with Crippen LogP contribution in [0.1, 0.15) is 22.8 Å². The summed E-state index contributed by atoms with van der Waals surface area (Å²) < 4.78 is 1.96. The average molecular weight is 413 g/mol. The van der Waals surface area contributed by atoms with E-state index in [1.54, 1.807) is 17.5 Å². The largest absolute Gasteiger partial charge is 0.264 e. The normalized spacial score (nSPS) is 11.2. The van der Waals surface area contributed by atoms with Crippen molar-refractivity contribution in [1.29, 1.82) is 0 Å². The first-order chi connectivity index (χ1) is 14.7. The van der Waals surface area contributed by atoms with Gasteiger partial charge in [0.15, 0.2) is 5.01 Å². The van der Waals surface area contributed by atoms with Crippen molar-refractivity contribution in [3.8, 4) is 10.8 Å². The number of nitrogens with zero attached hydrogens (tertiary/aromatic N) is 6. The molecule has 1 aromatic carbocycles. The van der Waals surface area contributed by atoms with Crippen LogP contribution in [0.4, 0.5) is 0 Å². The Morgan fingerprint density at radius 2 is 1.87 bits per heavy atom. The van der Waals surface area contributed by atoms with E-state index in [1.165, 1.54) is 5.56 Å². The zero-order valence-corrected chi connectivity index (χ0v) is 17.4. The number of thiazole rings is 1. The van der Waals surface area contributed by atoms with Gasteiger partial charge in [0.1, 0.15) is 5.82 Å². The summed E-state index contributed by atoms with van der Waals surface area (Å²) in [6.07, 6.45) is 5.32. The fourth-order valence-corrected chi connectivity index (χ4v) is 4.11. The maximum Gasteiger partial charge on any atom is 0.210 e. The third-order valence-corrected chi connectivity index (χ3v) is 5.84. The maximum atomic E-state index is 4.82. The fourth-order valence-electron chi connectivity index (χ4n) is 3.39. The number of benzene rings is 1. The Bertz CT molecular complexity index is 1290. The molecule has 0 bridgehead atoms. The SMILES string of the molecule is Cc1csc(-c2nc(CCc3cccnc3)n(Cc3ccc4ccccc4n3)n2)n1. The number of aryl methyl sites for hydroxylation is 3. The Balaban J connectivity index is 1.46. The quantitative estimate of drug-likeness (QED) is 0.411. The van der Waals surface area contributed by atoms with E-state index in [2.05, 4.69) is 34.2 Å². The predicted octanol–water partition coefficient (Wildman–Crippen LogP) is 4.49. The van der Waals surface area contributed by atoms with Crippen molar-refractivity contribution in [1.82, 2.24) is 29.7 Å². The first-order valence-electron chi connectivity index (χ1n) is 9.84. The maximum absolute atomic E-state index is 4.82. The van der Waals surface area contributed by atoms with Crippen LogP contribution in [0.2, 0.25) is 0 Å². The van der Waals surface area contributed by atoms with Crippen LogP contribution < -0.4 is 0 Å². The van der Waals surface area contributed by atoms with E-state index in [4.69, 9.17) is 15.1 Å². The second-order valence-corrected chi connectivity index (χ2v) is 8.02. The highest BCUT2D eigenvalue weighted by Gasteiger charge is 2.15. The van der Waals surface area contributed by atoms with E-state index in [-0.39, 0.29) is 0 Å². The number of para-hydroxylation sites is 1. The Labute approximate surface area is 178 Å². The van der Waals surface area contributed by atoms with Crippen LogP contribution >= 0.6 is 11.3 Å². The molecule has 0 aliphatic carbocycles. The van der Waals surface area contributed by atoms with Gasteiger partial charge in [0.05, 0.1) is 17.8 Å². The van der Waals surface area contributed by atoms with Crippen LogP contribution in [-0.2, 0) is 19.4 Å². The summed E-state index contributed by atoms with van der Waals surface area (Å²) >= 11 is 1.57. The summed E-state index contributed by atoms with van der Waals surface area (Å²) in [5.41, 5.74) is 4.12. The average Bonchev–Trinajstić information content (AvgIpc) is 3.39. The van der Waals surface area contributed by atoms with Gasteiger partial charge < -0.3 is 0 Å². The van der Waals surface area contributed by atoms with Gasteiger partial charge in [-0.05, 0) is 37.1 Å². The molecule has 148 valence electrons. The van der Waals surface area contributed by atoms with Crippen molar-refractivity contribution >= 4 is 22.2 Å². The molecule has 4 aromatic heterocycles. The number of hydrogen-bond acceptors (Lipinski definition) is 6. The van der Waals surface area contributed by atoms with E-state index >= 15 is 0 Å². The number of fused-ring (bicyclic) bond motifs is 1. The molecule has 0 unspecified atom stereocenters. The van der Waals surface area contributed by atoms with E-state index < -0.39 is 0 Å². The molecule has 7 heteroatoms. The summed E-state index contributed by atoms with van der Waals surface area (Å²) in [6.45, 7) is 2.56. The summed E-state index contributed by atoms with van der Waals surface area (Å²) in [6, 6.07) is 16.4. The van der Waals surface area contributed by atoms with E-state index in [0.717, 1.165) is 46.0 Å². The zero-order valence-electron chi connectivity index (χ0n) is 16.6. The summed E-state index contributed by atoms with van der Waals surface area (Å²) in [5, 5.41) is 8.79. The van der Waals surface area contributed by atoms with Gasteiger partial charge in [-0.1, -0.05) is 30.3 Å². The Morgan fingerprint density at radius 3 is 2.70 bits per heavy atom. The van der Waals surface area contributed by atoms with Crippen LogP contribution in [0.25, 0.3) is 21.7 Å². The highest BCUT2D eigenvalue weighted by atomic mass is 32.1. The first-order valence-corrected chi connectivity index (χ1v) is 10.7. The minimum absolute atomic E-state index is 0.574.